The molecule has 5 rings (SSSR count). The van der Waals surface area contributed by atoms with Gasteiger partial charge in [0.1, 0.15) is 23.0 Å². The number of benzene rings is 1. The molecule has 7 nitrogen and oxygen atoms in total. The Hall–Kier alpha value is -3.74. The van der Waals surface area contributed by atoms with Crippen LogP contribution in [0.4, 0.5) is 0 Å². The largest absolute Gasteiger partial charge is 0.496 e. The number of amides is 1. The molecule has 37 heavy (non-hydrogen) atoms. The third-order valence-corrected chi connectivity index (χ3v) is 7.42. The SMILES string of the molecule is COc1ccc(-c2cccc(C(N)=O)n2)cc1C1C2=C(CC(C)(C)CC2=O)OC2=C1C(=O)CC(C)(C)C2. The number of hydrogen-bond donors (Lipinski definition) is 1. The summed E-state index contributed by atoms with van der Waals surface area (Å²) >= 11 is 0. The van der Waals surface area contributed by atoms with E-state index in [1.54, 1.807) is 25.3 Å². The molecule has 2 aromatic rings. The van der Waals surface area contributed by atoms with Gasteiger partial charge < -0.3 is 15.2 Å². The van der Waals surface area contributed by atoms with Crippen LogP contribution in [0.5, 0.6) is 5.75 Å². The zero-order valence-corrected chi connectivity index (χ0v) is 21.9. The summed E-state index contributed by atoms with van der Waals surface area (Å²) in [6, 6.07) is 10.6. The first-order valence-electron chi connectivity index (χ1n) is 12.5. The number of Topliss-reactive ketones (excluding diaryl/α,β-unsaturated/α-hetero) is 2. The predicted molar refractivity (Wildman–Crippen MR) is 139 cm³/mol. The summed E-state index contributed by atoms with van der Waals surface area (Å²) in [5, 5.41) is 0. The molecule has 0 atom stereocenters. The molecule has 1 amide bonds. The van der Waals surface area contributed by atoms with E-state index in [1.807, 2.05) is 18.2 Å². The van der Waals surface area contributed by atoms with Gasteiger partial charge in [0.25, 0.3) is 5.91 Å². The number of pyridine rings is 1. The lowest BCUT2D eigenvalue weighted by molar-refractivity contribution is -0.120. The minimum Gasteiger partial charge on any atom is -0.496 e. The van der Waals surface area contributed by atoms with Gasteiger partial charge in [-0.2, -0.15) is 0 Å². The molecule has 2 N–H and O–H groups in total. The van der Waals surface area contributed by atoms with Crippen LogP contribution in [0.1, 0.15) is 75.3 Å². The van der Waals surface area contributed by atoms with Gasteiger partial charge in [0.15, 0.2) is 11.6 Å². The van der Waals surface area contributed by atoms with Crippen molar-refractivity contribution in [3.8, 4) is 17.0 Å². The fraction of sp³-hybridized carbons (Fsp3) is 0.400. The minimum atomic E-state index is -0.615. The number of ether oxygens (including phenoxy) is 2. The molecule has 1 aromatic heterocycles. The van der Waals surface area contributed by atoms with Gasteiger partial charge in [-0.25, -0.2) is 4.98 Å². The molecule has 1 aliphatic heterocycles. The van der Waals surface area contributed by atoms with Crippen LogP contribution in [-0.2, 0) is 14.3 Å². The lowest BCUT2D eigenvalue weighted by atomic mass is 9.65. The first-order chi connectivity index (χ1) is 17.4. The molecule has 0 bridgehead atoms. The number of allylic oxidation sites excluding steroid dienone is 4. The number of carbonyl (C=O) groups is 3. The highest BCUT2D eigenvalue weighted by Crippen LogP contribution is 2.54. The van der Waals surface area contributed by atoms with E-state index in [9.17, 15) is 14.4 Å². The summed E-state index contributed by atoms with van der Waals surface area (Å²) in [6.45, 7) is 8.24. The lowest BCUT2D eigenvalue weighted by Gasteiger charge is -2.43. The fourth-order valence-electron chi connectivity index (χ4n) is 5.84. The molecule has 0 saturated heterocycles. The second-order valence-electron chi connectivity index (χ2n) is 11.8. The quantitative estimate of drug-likeness (QED) is 0.614. The molecular weight excluding hydrogens is 468 g/mol. The summed E-state index contributed by atoms with van der Waals surface area (Å²) in [4.78, 5) is 43.4. The van der Waals surface area contributed by atoms with Gasteiger partial charge >= 0.3 is 0 Å². The number of hydrogen-bond acceptors (Lipinski definition) is 6. The van der Waals surface area contributed by atoms with Crippen LogP contribution in [-0.4, -0.2) is 29.6 Å². The molecule has 3 aliphatic rings. The highest BCUT2D eigenvalue weighted by Gasteiger charge is 2.48. The van der Waals surface area contributed by atoms with Crippen LogP contribution in [0.15, 0.2) is 59.1 Å². The number of carbonyl (C=O) groups excluding carboxylic acids is 3. The van der Waals surface area contributed by atoms with E-state index in [-0.39, 0.29) is 28.1 Å². The van der Waals surface area contributed by atoms with E-state index in [2.05, 4.69) is 32.7 Å². The Morgan fingerprint density at radius 2 is 1.54 bits per heavy atom. The van der Waals surface area contributed by atoms with Crippen molar-refractivity contribution < 1.29 is 23.9 Å². The van der Waals surface area contributed by atoms with Gasteiger partial charge in [-0.05, 0) is 41.2 Å². The van der Waals surface area contributed by atoms with Gasteiger partial charge in [0.2, 0.25) is 0 Å². The number of rotatable bonds is 4. The van der Waals surface area contributed by atoms with Gasteiger partial charge in [-0.1, -0.05) is 33.8 Å². The van der Waals surface area contributed by atoms with Crippen molar-refractivity contribution in [2.24, 2.45) is 16.6 Å². The Bertz CT molecular complexity index is 1360. The number of primary amides is 1. The van der Waals surface area contributed by atoms with Crippen molar-refractivity contribution in [3.05, 3.63) is 70.3 Å². The third-order valence-electron chi connectivity index (χ3n) is 7.42. The number of nitrogens with zero attached hydrogens (tertiary/aromatic N) is 1. The van der Waals surface area contributed by atoms with Gasteiger partial charge in [0, 0.05) is 48.0 Å². The van der Waals surface area contributed by atoms with Crippen LogP contribution in [0.2, 0.25) is 0 Å². The highest BCUT2D eigenvalue weighted by molar-refractivity contribution is 6.06. The predicted octanol–water partition coefficient (Wildman–Crippen LogP) is 5.26. The smallest absolute Gasteiger partial charge is 0.267 e. The summed E-state index contributed by atoms with van der Waals surface area (Å²) < 4.78 is 12.2. The van der Waals surface area contributed by atoms with Gasteiger partial charge in [-0.15, -0.1) is 0 Å². The Morgan fingerprint density at radius 3 is 2.08 bits per heavy atom. The molecule has 0 spiro atoms. The van der Waals surface area contributed by atoms with E-state index in [0.29, 0.717) is 65.4 Å². The van der Waals surface area contributed by atoms with Crippen LogP contribution < -0.4 is 10.5 Å². The summed E-state index contributed by atoms with van der Waals surface area (Å²) in [7, 11) is 1.58. The number of nitrogens with two attached hydrogens (primary N) is 1. The average Bonchev–Trinajstić information content (AvgIpc) is 2.80. The Kier molecular flexibility index (Phi) is 5.85. The Morgan fingerprint density at radius 1 is 0.946 bits per heavy atom. The topological polar surface area (TPSA) is 109 Å². The molecule has 0 radical (unpaired) electrons. The molecule has 0 unspecified atom stereocenters. The Balaban J connectivity index is 1.74. The minimum absolute atomic E-state index is 0.0123. The second-order valence-corrected chi connectivity index (χ2v) is 11.8. The van der Waals surface area contributed by atoms with E-state index >= 15 is 0 Å². The van der Waals surface area contributed by atoms with Gasteiger partial charge in [-0.3, -0.25) is 14.4 Å². The first kappa shape index (κ1) is 24.9. The van der Waals surface area contributed by atoms with Crippen molar-refractivity contribution >= 4 is 17.5 Å². The highest BCUT2D eigenvalue weighted by atomic mass is 16.5. The number of methoxy groups -OCH3 is 1. The molecule has 2 aliphatic carbocycles. The van der Waals surface area contributed by atoms with Crippen LogP contribution >= 0.6 is 0 Å². The van der Waals surface area contributed by atoms with Crippen LogP contribution in [0.3, 0.4) is 0 Å². The normalized spacial score (nSPS) is 20.8. The summed E-state index contributed by atoms with van der Waals surface area (Å²) in [6.07, 6.45) is 1.97. The first-order valence-corrected chi connectivity index (χ1v) is 12.5. The number of ketones is 2. The maximum absolute atomic E-state index is 13.6. The molecule has 2 heterocycles. The van der Waals surface area contributed by atoms with E-state index < -0.39 is 11.8 Å². The Labute approximate surface area is 216 Å². The van der Waals surface area contributed by atoms with Crippen LogP contribution in [0.25, 0.3) is 11.3 Å². The van der Waals surface area contributed by atoms with E-state index in [4.69, 9.17) is 15.2 Å². The molecule has 0 fully saturated rings. The summed E-state index contributed by atoms with van der Waals surface area (Å²) in [5.74, 6) is 0.628. The van der Waals surface area contributed by atoms with E-state index in [1.165, 1.54) is 0 Å². The second kappa shape index (κ2) is 8.68. The fourth-order valence-corrected chi connectivity index (χ4v) is 5.84. The maximum Gasteiger partial charge on any atom is 0.267 e. The van der Waals surface area contributed by atoms with Gasteiger partial charge in [0.05, 0.1) is 18.7 Å². The van der Waals surface area contributed by atoms with Crippen molar-refractivity contribution in [1.82, 2.24) is 4.98 Å². The molecule has 0 saturated carbocycles. The molecule has 1 aromatic carbocycles. The average molecular weight is 501 g/mol. The number of aromatic nitrogens is 1. The van der Waals surface area contributed by atoms with E-state index in [0.717, 1.165) is 5.56 Å². The van der Waals surface area contributed by atoms with Crippen molar-refractivity contribution in [1.29, 1.82) is 0 Å². The molecule has 7 heteroatoms. The lowest BCUT2D eigenvalue weighted by Crippen LogP contribution is -2.37. The standard InChI is InChI=1S/C30H32N2O5/c1-29(2)12-20(33)26-23(14-29)37-24-15-30(3,4)13-21(34)27(24)25(26)17-11-16(9-10-22(17)36-5)18-7-6-8-19(32-18)28(31)35/h6-11,25H,12-15H2,1-5H3,(H2,31,35). The summed E-state index contributed by atoms with van der Waals surface area (Å²) in [5.41, 5.74) is 8.20. The third kappa shape index (κ3) is 4.47. The maximum atomic E-state index is 13.6. The molecular formula is C30H32N2O5. The van der Waals surface area contributed by atoms with Crippen molar-refractivity contribution in [2.45, 2.75) is 59.3 Å². The zero-order chi connectivity index (χ0) is 26.7. The van der Waals surface area contributed by atoms with Crippen molar-refractivity contribution in [2.75, 3.05) is 7.11 Å². The van der Waals surface area contributed by atoms with Crippen LogP contribution in [0, 0.1) is 10.8 Å². The van der Waals surface area contributed by atoms with Crippen molar-refractivity contribution in [3.63, 3.8) is 0 Å². The zero-order valence-electron chi connectivity index (χ0n) is 21.9. The monoisotopic (exact) mass is 500 g/mol. The molecule has 192 valence electrons.